The molecule has 2 aromatic carbocycles. The van der Waals surface area contributed by atoms with E-state index < -0.39 is 0 Å². The predicted octanol–water partition coefficient (Wildman–Crippen LogP) is 4.45. The molecule has 0 heterocycles. The standard InChI is InChI=1S/C19H23ClN2O2/c1-12(2)22(4)19(24)16-10-15(9-8-13(16)3)21-11-14-6-5-7-17(23)18(14)20/h5-10,12,21,23H,11H2,1-4H3. The minimum Gasteiger partial charge on any atom is -0.506 e. The van der Waals surface area contributed by atoms with E-state index in [0.29, 0.717) is 17.1 Å². The van der Waals surface area contributed by atoms with Crippen molar-refractivity contribution in [3.8, 4) is 5.75 Å². The maximum atomic E-state index is 12.6. The Morgan fingerprint density at radius 3 is 2.67 bits per heavy atom. The third-order valence-electron chi connectivity index (χ3n) is 4.10. The molecular formula is C19H23ClN2O2. The minimum absolute atomic E-state index is 0.00142. The quantitative estimate of drug-likeness (QED) is 0.841. The molecule has 0 unspecified atom stereocenters. The van der Waals surface area contributed by atoms with Gasteiger partial charge in [-0.25, -0.2) is 0 Å². The van der Waals surface area contributed by atoms with Crippen LogP contribution in [0.4, 0.5) is 5.69 Å². The number of hydrogen-bond donors (Lipinski definition) is 2. The average Bonchev–Trinajstić information content (AvgIpc) is 2.56. The highest BCUT2D eigenvalue weighted by atomic mass is 35.5. The second-order valence-electron chi connectivity index (χ2n) is 6.14. The third kappa shape index (κ3) is 4.01. The van der Waals surface area contributed by atoms with Crippen LogP contribution >= 0.6 is 11.6 Å². The van der Waals surface area contributed by atoms with Gasteiger partial charge in [-0.05, 0) is 50.1 Å². The van der Waals surface area contributed by atoms with Crippen molar-refractivity contribution in [2.75, 3.05) is 12.4 Å². The summed E-state index contributed by atoms with van der Waals surface area (Å²) >= 11 is 6.09. The van der Waals surface area contributed by atoms with Gasteiger partial charge in [0, 0.05) is 30.9 Å². The van der Waals surface area contributed by atoms with Crippen molar-refractivity contribution in [3.05, 3.63) is 58.1 Å². The van der Waals surface area contributed by atoms with E-state index in [1.807, 2.05) is 45.0 Å². The van der Waals surface area contributed by atoms with Crippen molar-refractivity contribution < 1.29 is 9.90 Å². The number of phenolic OH excluding ortho intramolecular Hbond substituents is 1. The molecule has 0 aromatic heterocycles. The van der Waals surface area contributed by atoms with Gasteiger partial charge < -0.3 is 15.3 Å². The molecule has 128 valence electrons. The van der Waals surface area contributed by atoms with Crippen molar-refractivity contribution in [3.63, 3.8) is 0 Å². The van der Waals surface area contributed by atoms with E-state index >= 15 is 0 Å². The number of aryl methyl sites for hydroxylation is 1. The summed E-state index contributed by atoms with van der Waals surface area (Å²) < 4.78 is 0. The van der Waals surface area contributed by atoms with Crippen molar-refractivity contribution >= 4 is 23.2 Å². The molecule has 0 saturated carbocycles. The fourth-order valence-electron chi connectivity index (χ4n) is 2.29. The van der Waals surface area contributed by atoms with Crippen LogP contribution in [0.1, 0.15) is 35.3 Å². The number of carbonyl (C=O) groups is 1. The normalized spacial score (nSPS) is 10.8. The molecule has 2 rings (SSSR count). The minimum atomic E-state index is 0.00142. The average molecular weight is 347 g/mol. The van der Waals surface area contributed by atoms with Crippen LogP contribution in [0.25, 0.3) is 0 Å². The van der Waals surface area contributed by atoms with Crippen LogP contribution in [-0.4, -0.2) is 29.0 Å². The summed E-state index contributed by atoms with van der Waals surface area (Å²) in [4.78, 5) is 14.3. The van der Waals surface area contributed by atoms with Crippen LogP contribution < -0.4 is 5.32 Å². The van der Waals surface area contributed by atoms with Gasteiger partial charge in [0.2, 0.25) is 0 Å². The molecule has 0 saturated heterocycles. The van der Waals surface area contributed by atoms with Crippen molar-refractivity contribution in [1.82, 2.24) is 4.90 Å². The van der Waals surface area contributed by atoms with Crippen LogP contribution in [0, 0.1) is 6.92 Å². The Kier molecular flexibility index (Phi) is 5.73. The van der Waals surface area contributed by atoms with Crippen molar-refractivity contribution in [1.29, 1.82) is 0 Å². The lowest BCUT2D eigenvalue weighted by Gasteiger charge is -2.23. The summed E-state index contributed by atoms with van der Waals surface area (Å²) in [6, 6.07) is 11.0. The molecule has 0 radical (unpaired) electrons. The van der Waals surface area contributed by atoms with Gasteiger partial charge in [-0.1, -0.05) is 29.8 Å². The van der Waals surface area contributed by atoms with Gasteiger partial charge >= 0.3 is 0 Å². The van der Waals surface area contributed by atoms with E-state index in [1.54, 1.807) is 24.1 Å². The Morgan fingerprint density at radius 2 is 2.00 bits per heavy atom. The van der Waals surface area contributed by atoms with E-state index in [2.05, 4.69) is 5.32 Å². The summed E-state index contributed by atoms with van der Waals surface area (Å²) in [5, 5.41) is 13.2. The lowest BCUT2D eigenvalue weighted by Crippen LogP contribution is -2.33. The van der Waals surface area contributed by atoms with Crippen molar-refractivity contribution in [2.24, 2.45) is 0 Å². The number of carbonyl (C=O) groups excluding carboxylic acids is 1. The zero-order chi connectivity index (χ0) is 17.9. The highest BCUT2D eigenvalue weighted by Gasteiger charge is 2.17. The second kappa shape index (κ2) is 7.58. The molecule has 1 amide bonds. The molecule has 0 atom stereocenters. The summed E-state index contributed by atoms with van der Waals surface area (Å²) in [6.07, 6.45) is 0. The number of rotatable bonds is 5. The van der Waals surface area contributed by atoms with Crippen LogP contribution in [0.3, 0.4) is 0 Å². The lowest BCUT2D eigenvalue weighted by molar-refractivity contribution is 0.0754. The molecule has 4 nitrogen and oxygen atoms in total. The Labute approximate surface area is 148 Å². The van der Waals surface area contributed by atoms with Gasteiger partial charge in [-0.2, -0.15) is 0 Å². The molecule has 24 heavy (non-hydrogen) atoms. The number of amides is 1. The smallest absolute Gasteiger partial charge is 0.254 e. The van der Waals surface area contributed by atoms with Gasteiger partial charge in [0.05, 0.1) is 5.02 Å². The van der Waals surface area contributed by atoms with Gasteiger partial charge in [0.25, 0.3) is 5.91 Å². The molecule has 0 aliphatic heterocycles. The lowest BCUT2D eigenvalue weighted by atomic mass is 10.1. The molecule has 0 bridgehead atoms. The van der Waals surface area contributed by atoms with E-state index in [0.717, 1.165) is 16.8 Å². The fourth-order valence-corrected chi connectivity index (χ4v) is 2.48. The van der Waals surface area contributed by atoms with E-state index in [1.165, 1.54) is 0 Å². The van der Waals surface area contributed by atoms with Gasteiger partial charge in [-0.15, -0.1) is 0 Å². The molecule has 5 heteroatoms. The second-order valence-corrected chi connectivity index (χ2v) is 6.52. The number of anilines is 1. The fraction of sp³-hybridized carbons (Fsp3) is 0.316. The predicted molar refractivity (Wildman–Crippen MR) is 98.9 cm³/mol. The summed E-state index contributed by atoms with van der Waals surface area (Å²) in [7, 11) is 1.80. The Balaban J connectivity index is 2.19. The van der Waals surface area contributed by atoms with Crippen molar-refractivity contribution in [2.45, 2.75) is 33.4 Å². The summed E-state index contributed by atoms with van der Waals surface area (Å²) in [5.41, 5.74) is 3.25. The molecule has 0 spiro atoms. The number of aromatic hydroxyl groups is 1. The SMILES string of the molecule is Cc1ccc(NCc2cccc(O)c2Cl)cc1C(=O)N(C)C(C)C. The van der Waals surface area contributed by atoms with Gasteiger partial charge in [0.1, 0.15) is 5.75 Å². The number of hydrogen-bond acceptors (Lipinski definition) is 3. The molecule has 2 N–H and O–H groups in total. The maximum absolute atomic E-state index is 12.6. The molecule has 0 aliphatic rings. The van der Waals surface area contributed by atoms with Crippen LogP contribution in [-0.2, 0) is 6.54 Å². The van der Waals surface area contributed by atoms with E-state index in [4.69, 9.17) is 11.6 Å². The van der Waals surface area contributed by atoms with E-state index in [-0.39, 0.29) is 17.7 Å². The number of nitrogens with zero attached hydrogens (tertiary/aromatic N) is 1. The molecular weight excluding hydrogens is 324 g/mol. The first-order valence-corrected chi connectivity index (χ1v) is 8.27. The molecule has 0 fully saturated rings. The summed E-state index contributed by atoms with van der Waals surface area (Å²) in [6.45, 7) is 6.36. The zero-order valence-corrected chi connectivity index (χ0v) is 15.2. The Morgan fingerprint density at radius 1 is 1.29 bits per heavy atom. The van der Waals surface area contributed by atoms with Gasteiger partial charge in [0.15, 0.2) is 0 Å². The van der Waals surface area contributed by atoms with E-state index in [9.17, 15) is 9.90 Å². The highest BCUT2D eigenvalue weighted by Crippen LogP contribution is 2.27. The monoisotopic (exact) mass is 346 g/mol. The summed E-state index contributed by atoms with van der Waals surface area (Å²) in [5.74, 6) is 0.0656. The zero-order valence-electron chi connectivity index (χ0n) is 14.4. The van der Waals surface area contributed by atoms with Crippen LogP contribution in [0.15, 0.2) is 36.4 Å². The first-order valence-electron chi connectivity index (χ1n) is 7.89. The van der Waals surface area contributed by atoms with Crippen LogP contribution in [0.5, 0.6) is 5.75 Å². The number of halogens is 1. The number of benzene rings is 2. The van der Waals surface area contributed by atoms with Crippen LogP contribution in [0.2, 0.25) is 5.02 Å². The van der Waals surface area contributed by atoms with Gasteiger partial charge in [-0.3, -0.25) is 4.79 Å². The Hall–Kier alpha value is -2.20. The third-order valence-corrected chi connectivity index (χ3v) is 4.54. The number of phenols is 1. The first-order chi connectivity index (χ1) is 11.3. The number of nitrogens with one attached hydrogen (secondary N) is 1. The first kappa shape index (κ1) is 18.1. The molecule has 2 aromatic rings. The largest absolute Gasteiger partial charge is 0.506 e. The maximum Gasteiger partial charge on any atom is 0.254 e. The molecule has 0 aliphatic carbocycles. The topological polar surface area (TPSA) is 52.6 Å². The highest BCUT2D eigenvalue weighted by molar-refractivity contribution is 6.32. The Bertz CT molecular complexity index is 744.